The first-order valence-electron chi connectivity index (χ1n) is 5.72. The number of oxazole rings is 1. The molecule has 3 heteroatoms. The van der Waals surface area contributed by atoms with Gasteiger partial charge >= 0.3 is 0 Å². The van der Waals surface area contributed by atoms with Gasteiger partial charge in [-0.15, -0.1) is 0 Å². The first kappa shape index (κ1) is 10.7. The molecule has 3 nitrogen and oxygen atoms in total. The minimum Gasteiger partial charge on any atom is -0.445 e. The van der Waals surface area contributed by atoms with Gasteiger partial charge in [-0.05, 0) is 19.4 Å². The zero-order valence-electron chi connectivity index (χ0n) is 9.84. The van der Waals surface area contributed by atoms with Crippen LogP contribution in [-0.2, 0) is 11.8 Å². The zero-order chi connectivity index (χ0) is 11.1. The number of hydrogen-bond acceptors (Lipinski definition) is 3. The van der Waals surface area contributed by atoms with Crippen LogP contribution >= 0.6 is 0 Å². The summed E-state index contributed by atoms with van der Waals surface area (Å²) in [4.78, 5) is 4.64. The molecule has 1 fully saturated rings. The monoisotopic (exact) mass is 208 g/mol. The smallest absolute Gasteiger partial charge is 0.197 e. The van der Waals surface area contributed by atoms with Gasteiger partial charge in [-0.1, -0.05) is 20.8 Å². The van der Waals surface area contributed by atoms with Crippen molar-refractivity contribution in [3.05, 3.63) is 17.3 Å². The molecule has 15 heavy (non-hydrogen) atoms. The fourth-order valence-corrected chi connectivity index (χ4v) is 1.76. The summed E-state index contributed by atoms with van der Waals surface area (Å²) in [6.45, 7) is 7.13. The van der Waals surface area contributed by atoms with Gasteiger partial charge in [0.15, 0.2) is 5.89 Å². The Hall–Kier alpha value is -0.830. The molecule has 1 aliphatic rings. The SMILES string of the molecule is CC(C)(C)c1nc(C2CC2)oc1CCN. The van der Waals surface area contributed by atoms with E-state index >= 15 is 0 Å². The number of nitrogens with two attached hydrogens (primary N) is 1. The van der Waals surface area contributed by atoms with Crippen LogP contribution in [0.15, 0.2) is 4.42 Å². The molecule has 0 spiro atoms. The minimum atomic E-state index is 0.0567. The minimum absolute atomic E-state index is 0.0567. The van der Waals surface area contributed by atoms with E-state index in [2.05, 4.69) is 25.8 Å². The lowest BCUT2D eigenvalue weighted by atomic mass is 9.90. The van der Waals surface area contributed by atoms with E-state index in [1.165, 1.54) is 12.8 Å². The van der Waals surface area contributed by atoms with Gasteiger partial charge in [0.25, 0.3) is 0 Å². The lowest BCUT2D eigenvalue weighted by Gasteiger charge is -2.15. The lowest BCUT2D eigenvalue weighted by molar-refractivity contribution is 0.449. The highest BCUT2D eigenvalue weighted by Gasteiger charge is 2.32. The molecule has 1 aromatic rings. The fraction of sp³-hybridized carbons (Fsp3) is 0.750. The summed E-state index contributed by atoms with van der Waals surface area (Å²) in [5, 5.41) is 0. The third kappa shape index (κ3) is 2.23. The summed E-state index contributed by atoms with van der Waals surface area (Å²) in [5.41, 5.74) is 6.74. The molecule has 2 rings (SSSR count). The molecule has 1 aliphatic carbocycles. The normalized spacial score (nSPS) is 17.1. The molecule has 0 bridgehead atoms. The molecule has 0 unspecified atom stereocenters. The molecule has 0 saturated heterocycles. The quantitative estimate of drug-likeness (QED) is 0.829. The summed E-state index contributed by atoms with van der Waals surface area (Å²) in [5.74, 6) is 2.51. The highest BCUT2D eigenvalue weighted by Crippen LogP contribution is 2.41. The van der Waals surface area contributed by atoms with Crippen LogP contribution in [0.5, 0.6) is 0 Å². The van der Waals surface area contributed by atoms with Crippen LogP contribution in [0.3, 0.4) is 0 Å². The van der Waals surface area contributed by atoms with Crippen LogP contribution in [0.2, 0.25) is 0 Å². The molecule has 0 amide bonds. The molecule has 1 aromatic heterocycles. The van der Waals surface area contributed by atoms with E-state index in [9.17, 15) is 0 Å². The van der Waals surface area contributed by atoms with E-state index in [0.717, 1.165) is 23.8 Å². The van der Waals surface area contributed by atoms with Crippen LogP contribution < -0.4 is 5.73 Å². The summed E-state index contributed by atoms with van der Waals surface area (Å²) in [7, 11) is 0. The zero-order valence-corrected chi connectivity index (χ0v) is 9.84. The maximum absolute atomic E-state index is 5.81. The van der Waals surface area contributed by atoms with E-state index in [-0.39, 0.29) is 5.41 Å². The van der Waals surface area contributed by atoms with E-state index < -0.39 is 0 Å². The van der Waals surface area contributed by atoms with Crippen molar-refractivity contribution in [2.75, 3.05) is 6.54 Å². The first-order chi connectivity index (χ1) is 7.02. The lowest BCUT2D eigenvalue weighted by Crippen LogP contribution is -2.15. The Morgan fingerprint density at radius 2 is 2.07 bits per heavy atom. The van der Waals surface area contributed by atoms with Crippen LogP contribution in [0.4, 0.5) is 0 Å². The standard InChI is InChI=1S/C12H20N2O/c1-12(2,3)10-9(6-7-13)15-11(14-10)8-4-5-8/h8H,4-7,13H2,1-3H3. The van der Waals surface area contributed by atoms with Crippen LogP contribution in [0, 0.1) is 0 Å². The third-order valence-corrected chi connectivity index (χ3v) is 2.72. The van der Waals surface area contributed by atoms with E-state index in [1.807, 2.05) is 0 Å². The highest BCUT2D eigenvalue weighted by atomic mass is 16.4. The van der Waals surface area contributed by atoms with Gasteiger partial charge in [-0.3, -0.25) is 0 Å². The molecular weight excluding hydrogens is 188 g/mol. The Bertz CT molecular complexity index is 345. The van der Waals surface area contributed by atoms with Crippen molar-refractivity contribution >= 4 is 0 Å². The Kier molecular flexibility index (Phi) is 2.59. The molecule has 0 atom stereocenters. The molecule has 2 N–H and O–H groups in total. The number of aromatic nitrogens is 1. The van der Waals surface area contributed by atoms with E-state index in [0.29, 0.717) is 12.5 Å². The largest absolute Gasteiger partial charge is 0.445 e. The second kappa shape index (κ2) is 3.63. The van der Waals surface area contributed by atoms with Gasteiger partial charge in [-0.2, -0.15) is 0 Å². The number of hydrogen-bond donors (Lipinski definition) is 1. The number of rotatable bonds is 3. The van der Waals surface area contributed by atoms with Crippen molar-refractivity contribution in [3.63, 3.8) is 0 Å². The van der Waals surface area contributed by atoms with Gasteiger partial charge in [0.1, 0.15) is 5.76 Å². The molecule has 0 aromatic carbocycles. The second-order valence-electron chi connectivity index (χ2n) is 5.39. The van der Waals surface area contributed by atoms with Crippen molar-refractivity contribution in [2.24, 2.45) is 5.73 Å². The van der Waals surface area contributed by atoms with E-state index in [4.69, 9.17) is 10.2 Å². The Balaban J connectivity index is 2.32. The number of nitrogens with zero attached hydrogens (tertiary/aromatic N) is 1. The predicted molar refractivity (Wildman–Crippen MR) is 59.9 cm³/mol. The van der Waals surface area contributed by atoms with Crippen molar-refractivity contribution in [1.29, 1.82) is 0 Å². The van der Waals surface area contributed by atoms with Gasteiger partial charge in [0.05, 0.1) is 5.69 Å². The second-order valence-corrected chi connectivity index (χ2v) is 5.39. The van der Waals surface area contributed by atoms with Crippen LogP contribution in [-0.4, -0.2) is 11.5 Å². The molecule has 1 saturated carbocycles. The summed E-state index contributed by atoms with van der Waals surface area (Å²) in [6, 6.07) is 0. The maximum atomic E-state index is 5.81. The fourth-order valence-electron chi connectivity index (χ4n) is 1.76. The van der Waals surface area contributed by atoms with Gasteiger partial charge in [0, 0.05) is 17.8 Å². The Morgan fingerprint density at radius 1 is 1.40 bits per heavy atom. The average molecular weight is 208 g/mol. The third-order valence-electron chi connectivity index (χ3n) is 2.72. The Labute approximate surface area is 91.1 Å². The average Bonchev–Trinajstić information content (AvgIpc) is 2.87. The van der Waals surface area contributed by atoms with Gasteiger partial charge in [-0.25, -0.2) is 4.98 Å². The van der Waals surface area contributed by atoms with Gasteiger partial charge in [0.2, 0.25) is 0 Å². The van der Waals surface area contributed by atoms with Crippen molar-refractivity contribution in [1.82, 2.24) is 4.98 Å². The molecular formula is C12H20N2O. The predicted octanol–water partition coefficient (Wildman–Crippen LogP) is 2.35. The molecule has 1 heterocycles. The molecule has 0 radical (unpaired) electrons. The summed E-state index contributed by atoms with van der Waals surface area (Å²) < 4.78 is 5.81. The van der Waals surface area contributed by atoms with Crippen molar-refractivity contribution < 1.29 is 4.42 Å². The first-order valence-corrected chi connectivity index (χ1v) is 5.72. The topological polar surface area (TPSA) is 52.0 Å². The molecule has 84 valence electrons. The van der Waals surface area contributed by atoms with Crippen LogP contribution in [0.25, 0.3) is 0 Å². The summed E-state index contributed by atoms with van der Waals surface area (Å²) >= 11 is 0. The van der Waals surface area contributed by atoms with Gasteiger partial charge < -0.3 is 10.2 Å². The van der Waals surface area contributed by atoms with Crippen molar-refractivity contribution in [3.8, 4) is 0 Å². The Morgan fingerprint density at radius 3 is 2.53 bits per heavy atom. The summed E-state index contributed by atoms with van der Waals surface area (Å²) in [6.07, 6.45) is 3.25. The maximum Gasteiger partial charge on any atom is 0.197 e. The van der Waals surface area contributed by atoms with E-state index in [1.54, 1.807) is 0 Å². The van der Waals surface area contributed by atoms with Crippen LogP contribution in [0.1, 0.15) is 56.9 Å². The highest BCUT2D eigenvalue weighted by molar-refractivity contribution is 5.21. The van der Waals surface area contributed by atoms with Crippen molar-refractivity contribution in [2.45, 2.75) is 51.4 Å². The molecule has 0 aliphatic heterocycles.